The number of aryl methyl sites for hydroxylation is 2. The standard InChI is InChI=1S/C30H36N4O3S2/c1-20(2)17-33(18-21(3)4)39(36,37)26-12-10-25(11-13-26)29(35)34(19-24-8-7-15-31-16-24)30-32-28-23(6)22(5)9-14-27(28)38-30/h7-16,20-21H,17-19H2,1-6H3. The van der Waals surface area contributed by atoms with Gasteiger partial charge in [0.1, 0.15) is 0 Å². The first-order valence-electron chi connectivity index (χ1n) is 13.1. The number of hydrogen-bond acceptors (Lipinski definition) is 6. The Hall–Kier alpha value is -3.14. The maximum atomic E-state index is 13.9. The highest BCUT2D eigenvalue weighted by Crippen LogP contribution is 2.33. The first kappa shape index (κ1) is 28.9. The highest BCUT2D eigenvalue weighted by Gasteiger charge is 2.27. The molecule has 9 heteroatoms. The van der Waals surface area contributed by atoms with Gasteiger partial charge in [-0.2, -0.15) is 4.31 Å². The molecule has 2 aromatic carbocycles. The van der Waals surface area contributed by atoms with Crippen LogP contribution in [0.25, 0.3) is 10.2 Å². The van der Waals surface area contributed by atoms with Crippen LogP contribution in [0, 0.1) is 25.7 Å². The van der Waals surface area contributed by atoms with E-state index in [1.807, 2.05) is 59.7 Å². The average molecular weight is 565 g/mol. The van der Waals surface area contributed by atoms with Crippen LogP contribution in [0.1, 0.15) is 54.7 Å². The molecule has 0 N–H and O–H groups in total. The lowest BCUT2D eigenvalue weighted by atomic mass is 10.1. The van der Waals surface area contributed by atoms with Gasteiger partial charge in [-0.1, -0.05) is 51.2 Å². The van der Waals surface area contributed by atoms with E-state index in [9.17, 15) is 13.2 Å². The zero-order valence-corrected chi connectivity index (χ0v) is 25.0. The summed E-state index contributed by atoms with van der Waals surface area (Å²) >= 11 is 1.46. The monoisotopic (exact) mass is 564 g/mol. The number of amides is 1. The van der Waals surface area contributed by atoms with Crippen molar-refractivity contribution >= 4 is 42.6 Å². The molecule has 2 heterocycles. The molecular formula is C30H36N4O3S2. The van der Waals surface area contributed by atoms with E-state index >= 15 is 0 Å². The number of carbonyl (C=O) groups excluding carboxylic acids is 1. The number of carbonyl (C=O) groups is 1. The molecule has 0 radical (unpaired) electrons. The van der Waals surface area contributed by atoms with Gasteiger partial charge in [0.25, 0.3) is 5.91 Å². The van der Waals surface area contributed by atoms with Gasteiger partial charge < -0.3 is 0 Å². The number of thiazole rings is 1. The molecule has 39 heavy (non-hydrogen) atoms. The Balaban J connectivity index is 1.69. The van der Waals surface area contributed by atoms with E-state index in [4.69, 9.17) is 4.98 Å². The van der Waals surface area contributed by atoms with Crippen molar-refractivity contribution in [3.63, 3.8) is 0 Å². The summed E-state index contributed by atoms with van der Waals surface area (Å²) in [6, 6.07) is 14.1. The van der Waals surface area contributed by atoms with Crippen LogP contribution in [-0.2, 0) is 16.6 Å². The SMILES string of the molecule is Cc1ccc2sc(N(Cc3cccnc3)C(=O)c3ccc(S(=O)(=O)N(CC(C)C)CC(C)C)cc3)nc2c1C. The number of nitrogens with zero attached hydrogens (tertiary/aromatic N) is 4. The molecule has 0 unspecified atom stereocenters. The van der Waals surface area contributed by atoms with E-state index < -0.39 is 10.0 Å². The lowest BCUT2D eigenvalue weighted by molar-refractivity contribution is 0.0985. The van der Waals surface area contributed by atoms with Crippen LogP contribution in [0.15, 0.2) is 65.8 Å². The summed E-state index contributed by atoms with van der Waals surface area (Å²) in [4.78, 5) is 24.8. The summed E-state index contributed by atoms with van der Waals surface area (Å²) in [6.45, 7) is 13.3. The summed E-state index contributed by atoms with van der Waals surface area (Å²) in [5, 5.41) is 0.587. The number of pyridine rings is 1. The second kappa shape index (κ2) is 11.9. The summed E-state index contributed by atoms with van der Waals surface area (Å²) in [5.74, 6) is 0.140. The van der Waals surface area contributed by atoms with Gasteiger partial charge >= 0.3 is 0 Å². The first-order chi connectivity index (χ1) is 18.5. The maximum absolute atomic E-state index is 13.9. The predicted molar refractivity (Wildman–Crippen MR) is 159 cm³/mol. The highest BCUT2D eigenvalue weighted by atomic mass is 32.2. The Kier molecular flexibility index (Phi) is 8.83. The lowest BCUT2D eigenvalue weighted by Gasteiger charge is -2.26. The summed E-state index contributed by atoms with van der Waals surface area (Å²) < 4.78 is 29.5. The van der Waals surface area contributed by atoms with Crippen molar-refractivity contribution in [2.75, 3.05) is 18.0 Å². The van der Waals surface area contributed by atoms with Crippen molar-refractivity contribution in [1.29, 1.82) is 0 Å². The van der Waals surface area contributed by atoms with Crippen LogP contribution < -0.4 is 4.90 Å². The third-order valence-corrected chi connectivity index (χ3v) is 9.38. The molecule has 0 saturated heterocycles. The van der Waals surface area contributed by atoms with Crippen LogP contribution in [0.5, 0.6) is 0 Å². The third kappa shape index (κ3) is 6.54. The van der Waals surface area contributed by atoms with Crippen LogP contribution in [-0.4, -0.2) is 41.7 Å². The number of rotatable bonds is 10. The van der Waals surface area contributed by atoms with Crippen molar-refractivity contribution < 1.29 is 13.2 Å². The fourth-order valence-electron chi connectivity index (χ4n) is 4.39. The van der Waals surface area contributed by atoms with Crippen molar-refractivity contribution in [2.45, 2.75) is 53.0 Å². The fourth-order valence-corrected chi connectivity index (χ4v) is 7.18. The lowest BCUT2D eigenvalue weighted by Crippen LogP contribution is -2.37. The molecule has 0 saturated carbocycles. The van der Waals surface area contributed by atoms with Crippen LogP contribution in [0.4, 0.5) is 5.13 Å². The molecule has 4 rings (SSSR count). The Labute approximate surface area is 235 Å². The topological polar surface area (TPSA) is 83.5 Å². The van der Waals surface area contributed by atoms with E-state index in [2.05, 4.69) is 11.1 Å². The van der Waals surface area contributed by atoms with E-state index in [-0.39, 0.29) is 22.6 Å². The Morgan fingerprint density at radius 2 is 1.62 bits per heavy atom. The minimum Gasteiger partial charge on any atom is -0.279 e. The smallest absolute Gasteiger partial charge is 0.260 e. The van der Waals surface area contributed by atoms with E-state index in [0.29, 0.717) is 30.3 Å². The van der Waals surface area contributed by atoms with Gasteiger partial charge in [0.15, 0.2) is 5.13 Å². The molecule has 1 amide bonds. The van der Waals surface area contributed by atoms with Gasteiger partial charge in [-0.15, -0.1) is 0 Å². The van der Waals surface area contributed by atoms with E-state index in [1.54, 1.807) is 33.7 Å². The van der Waals surface area contributed by atoms with E-state index in [1.165, 1.54) is 23.5 Å². The number of fused-ring (bicyclic) bond motifs is 1. The largest absolute Gasteiger partial charge is 0.279 e. The molecule has 7 nitrogen and oxygen atoms in total. The zero-order chi connectivity index (χ0) is 28.3. The van der Waals surface area contributed by atoms with Gasteiger partial charge in [-0.25, -0.2) is 13.4 Å². The number of anilines is 1. The number of benzene rings is 2. The third-order valence-electron chi connectivity index (χ3n) is 6.49. The van der Waals surface area contributed by atoms with Crippen LogP contribution in [0.3, 0.4) is 0 Å². The molecule has 0 atom stereocenters. The molecule has 0 bridgehead atoms. The van der Waals surface area contributed by atoms with E-state index in [0.717, 1.165) is 26.9 Å². The maximum Gasteiger partial charge on any atom is 0.260 e. The highest BCUT2D eigenvalue weighted by molar-refractivity contribution is 7.89. The number of sulfonamides is 1. The van der Waals surface area contributed by atoms with Crippen molar-refractivity contribution in [1.82, 2.24) is 14.3 Å². The summed E-state index contributed by atoms with van der Waals surface area (Å²) in [6.07, 6.45) is 3.43. The minimum atomic E-state index is -3.69. The number of aromatic nitrogens is 2. The normalized spacial score (nSPS) is 12.1. The van der Waals surface area contributed by atoms with Gasteiger partial charge in [0.2, 0.25) is 10.0 Å². The van der Waals surface area contributed by atoms with Gasteiger partial charge in [-0.3, -0.25) is 14.7 Å². The zero-order valence-electron chi connectivity index (χ0n) is 23.4. The summed E-state index contributed by atoms with van der Waals surface area (Å²) in [5.41, 5.74) is 4.38. The minimum absolute atomic E-state index is 0.185. The molecule has 2 aromatic heterocycles. The second-order valence-corrected chi connectivity index (χ2v) is 13.7. The molecule has 0 spiro atoms. The molecule has 206 valence electrons. The Morgan fingerprint density at radius 1 is 0.949 bits per heavy atom. The molecular weight excluding hydrogens is 528 g/mol. The van der Waals surface area contributed by atoms with Crippen molar-refractivity contribution in [3.05, 3.63) is 83.2 Å². The van der Waals surface area contributed by atoms with Crippen LogP contribution >= 0.6 is 11.3 Å². The van der Waals surface area contributed by atoms with Gasteiger partial charge in [0.05, 0.1) is 21.7 Å². The molecule has 0 fully saturated rings. The predicted octanol–water partition coefficient (Wildman–Crippen LogP) is 6.46. The van der Waals surface area contributed by atoms with Crippen molar-refractivity contribution in [2.24, 2.45) is 11.8 Å². The first-order valence-corrected chi connectivity index (χ1v) is 15.4. The van der Waals surface area contributed by atoms with Crippen molar-refractivity contribution in [3.8, 4) is 0 Å². The summed E-state index contributed by atoms with van der Waals surface area (Å²) in [7, 11) is -3.69. The average Bonchev–Trinajstić information content (AvgIpc) is 3.34. The molecule has 0 aliphatic heterocycles. The molecule has 0 aliphatic rings. The fraction of sp³-hybridized carbons (Fsp3) is 0.367. The molecule has 0 aliphatic carbocycles. The Morgan fingerprint density at radius 3 is 2.21 bits per heavy atom. The van der Waals surface area contributed by atoms with Gasteiger partial charge in [0, 0.05) is 31.0 Å². The number of hydrogen-bond donors (Lipinski definition) is 0. The molecule has 4 aromatic rings. The van der Waals surface area contributed by atoms with Gasteiger partial charge in [-0.05, 0) is 78.8 Å². The second-order valence-electron chi connectivity index (χ2n) is 10.7. The quantitative estimate of drug-likeness (QED) is 0.221. The van der Waals surface area contributed by atoms with Crippen LogP contribution in [0.2, 0.25) is 0 Å². The Bertz CT molecular complexity index is 1540.